The number of nitrogens with two attached hydrogens (primary N) is 3. The van der Waals surface area contributed by atoms with Crippen molar-refractivity contribution in [2.75, 3.05) is 112 Å². The third-order valence-electron chi connectivity index (χ3n) is 10.4. The Morgan fingerprint density at radius 1 is 0.706 bits per heavy atom. The fraction of sp³-hybridized carbons (Fsp3) is 0.532. The van der Waals surface area contributed by atoms with Crippen molar-refractivity contribution in [3.63, 3.8) is 0 Å². The second-order valence-corrected chi connectivity index (χ2v) is 16.1. The van der Waals surface area contributed by atoms with Gasteiger partial charge in [-0.25, -0.2) is 14.8 Å². The Morgan fingerprint density at radius 3 is 1.93 bits per heavy atom. The van der Waals surface area contributed by atoms with Crippen LogP contribution in [0.4, 0.5) is 4.79 Å². The first-order chi connectivity index (χ1) is 32.9. The van der Waals surface area contributed by atoms with Gasteiger partial charge in [-0.15, -0.1) is 15.3 Å². The predicted octanol–water partition coefficient (Wildman–Crippen LogP) is 1.61. The highest BCUT2D eigenvalue weighted by atomic mass is 16.5. The van der Waals surface area contributed by atoms with Crippen LogP contribution in [0.1, 0.15) is 55.6 Å². The third-order valence-corrected chi connectivity index (χ3v) is 10.4. The number of aromatic nitrogens is 3. The number of carbonyl (C=O) groups excluding carboxylic acids is 3. The van der Waals surface area contributed by atoms with Gasteiger partial charge in [0.25, 0.3) is 0 Å². The lowest BCUT2D eigenvalue weighted by atomic mass is 10.1. The number of rotatable bonds is 33. The Balaban J connectivity index is 1.87. The van der Waals surface area contributed by atoms with Crippen LogP contribution in [-0.4, -0.2) is 193 Å². The number of ether oxygens (including phenoxy) is 2. The minimum Gasteiger partial charge on any atom is -0.480 e. The number of carbonyl (C=O) groups is 4. The summed E-state index contributed by atoms with van der Waals surface area (Å²) in [5.41, 5.74) is 21.3. The molecule has 1 heterocycles. The molecule has 372 valence electrons. The number of carboxylic acids is 1. The van der Waals surface area contributed by atoms with Gasteiger partial charge in [-0.3, -0.25) is 19.3 Å². The monoisotopic (exact) mass is 945 g/mol. The average molecular weight is 945 g/mol. The molecule has 0 aliphatic rings. The van der Waals surface area contributed by atoms with E-state index in [1.165, 1.54) is 4.90 Å². The van der Waals surface area contributed by atoms with E-state index in [0.29, 0.717) is 101 Å². The van der Waals surface area contributed by atoms with Crippen molar-refractivity contribution in [2.45, 2.75) is 52.9 Å². The molecule has 0 fully saturated rings. The Bertz CT molecular complexity index is 2020. The lowest BCUT2D eigenvalue weighted by Crippen LogP contribution is -2.51. The quantitative estimate of drug-likeness (QED) is 0.0251. The van der Waals surface area contributed by atoms with Crippen LogP contribution in [0.25, 0.3) is 11.3 Å². The number of aryl methyl sites for hydroxylation is 1. The van der Waals surface area contributed by atoms with Crippen molar-refractivity contribution in [1.82, 2.24) is 40.1 Å². The number of hydrogen-bond donors (Lipinski definition) is 5. The molecule has 21 nitrogen and oxygen atoms in total. The van der Waals surface area contributed by atoms with Crippen LogP contribution < -0.4 is 22.5 Å². The molecule has 2 aromatic carbocycles. The normalized spacial score (nSPS) is 11.3. The van der Waals surface area contributed by atoms with Gasteiger partial charge < -0.3 is 51.8 Å². The number of amides is 4. The zero-order valence-electron chi connectivity index (χ0n) is 40.1. The van der Waals surface area contributed by atoms with Crippen molar-refractivity contribution >= 4 is 42.1 Å². The molecule has 4 amide bonds. The molecule has 3 rings (SSSR count). The van der Waals surface area contributed by atoms with Gasteiger partial charge in [-0.05, 0) is 58.0 Å². The second kappa shape index (κ2) is 32.6. The molecule has 0 aliphatic carbocycles. The maximum Gasteiger partial charge on any atom is 0.323 e. The summed E-state index contributed by atoms with van der Waals surface area (Å²) < 4.78 is 11.3. The van der Waals surface area contributed by atoms with Gasteiger partial charge in [0.15, 0.2) is 5.84 Å². The highest BCUT2D eigenvalue weighted by molar-refractivity contribution is 6.01. The van der Waals surface area contributed by atoms with E-state index in [2.05, 4.69) is 47.3 Å². The largest absolute Gasteiger partial charge is 0.480 e. The van der Waals surface area contributed by atoms with Crippen molar-refractivity contribution < 1.29 is 33.8 Å². The number of nitrogens with one attached hydrogen (secondary N) is 1. The summed E-state index contributed by atoms with van der Waals surface area (Å²) in [5.74, 6) is -0.727. The summed E-state index contributed by atoms with van der Waals surface area (Å²) >= 11 is 0. The summed E-state index contributed by atoms with van der Waals surface area (Å²) in [6.45, 7) is 13.7. The molecule has 21 heteroatoms. The zero-order chi connectivity index (χ0) is 49.5. The summed E-state index contributed by atoms with van der Waals surface area (Å²) in [4.78, 5) is 68.7. The number of carboxylic acid groups (broad SMARTS) is 1. The topological polar surface area (TPSA) is 286 Å². The number of amidine groups is 1. The van der Waals surface area contributed by atoms with Crippen LogP contribution >= 0.6 is 0 Å². The van der Waals surface area contributed by atoms with Crippen LogP contribution in [0, 0.1) is 6.92 Å². The lowest BCUT2D eigenvalue weighted by Gasteiger charge is -2.34. The Hall–Kier alpha value is -6.10. The van der Waals surface area contributed by atoms with E-state index in [1.807, 2.05) is 38.1 Å². The van der Waals surface area contributed by atoms with Crippen molar-refractivity contribution in [3.8, 4) is 11.3 Å². The van der Waals surface area contributed by atoms with Gasteiger partial charge in [0.05, 0.1) is 45.5 Å². The van der Waals surface area contributed by atoms with E-state index in [4.69, 9.17) is 26.7 Å². The highest BCUT2D eigenvalue weighted by Gasteiger charge is 2.25. The number of aliphatic imine (C=N–C) groups is 1. The molecular weight excluding hydrogens is 873 g/mol. The second-order valence-electron chi connectivity index (χ2n) is 16.1. The first kappa shape index (κ1) is 56.2. The van der Waals surface area contributed by atoms with Crippen molar-refractivity contribution in [2.24, 2.45) is 32.4 Å². The van der Waals surface area contributed by atoms with Crippen LogP contribution in [0.3, 0.4) is 0 Å². The van der Waals surface area contributed by atoms with Crippen molar-refractivity contribution in [1.29, 1.82) is 0 Å². The van der Waals surface area contributed by atoms with E-state index in [1.54, 1.807) is 47.2 Å². The molecule has 0 unspecified atom stereocenters. The number of hydrogen-bond acceptors (Lipinski definition) is 15. The standard InChI is InChI=1S/C47H72N14O7/c1-36(2)54-57-46(51-4)41-14-10-39(11-15-41)33-44(63)59(21-19-52-43(62)32-38-8-12-40(13-9-38)42-34-53-37(3)55-56-42)24-25-60(47(66)61(35-45(64)65)20-7-5-6-16-48)23-22-58(26-30-67-28-17-49)27-31-68-29-18-50/h8-15,34H,4-7,16-33,35,48-50H2,1-3H3,(H,52,62)(H,64,65)/b57-46-. The van der Waals surface area contributed by atoms with E-state index in [0.717, 1.165) is 29.7 Å². The molecule has 8 N–H and O–H groups in total. The molecule has 0 radical (unpaired) electrons. The van der Waals surface area contributed by atoms with E-state index < -0.39 is 18.5 Å². The predicted molar refractivity (Wildman–Crippen MR) is 264 cm³/mol. The smallest absolute Gasteiger partial charge is 0.323 e. The molecule has 3 aromatic rings. The van der Waals surface area contributed by atoms with Gasteiger partial charge in [-0.1, -0.05) is 55.0 Å². The number of nitrogens with zero attached hydrogens (tertiary/aromatic N) is 10. The fourth-order valence-electron chi connectivity index (χ4n) is 6.71. The maximum atomic E-state index is 14.4. The number of urea groups is 1. The Morgan fingerprint density at radius 2 is 1.34 bits per heavy atom. The van der Waals surface area contributed by atoms with E-state index in [-0.39, 0.29) is 63.9 Å². The SMILES string of the molecule is C=N/C(=N\N=C(C)C)c1ccc(CC(=O)N(CCNC(=O)Cc2ccc(-c3cnc(C)nn3)cc2)CCN(CCN(CCOCCN)CCOCCN)C(=O)N(CCCCCN)CC(=O)O)cc1. The molecule has 0 atom stereocenters. The summed E-state index contributed by atoms with van der Waals surface area (Å²) in [5, 5.41) is 29.3. The van der Waals surface area contributed by atoms with Crippen LogP contribution in [0.2, 0.25) is 0 Å². The molecule has 1 aromatic heterocycles. The number of benzene rings is 2. The molecule has 68 heavy (non-hydrogen) atoms. The van der Waals surface area contributed by atoms with Gasteiger partial charge in [0.1, 0.15) is 18.1 Å². The van der Waals surface area contributed by atoms with Gasteiger partial charge >= 0.3 is 12.0 Å². The van der Waals surface area contributed by atoms with Crippen LogP contribution in [0.15, 0.2) is 69.9 Å². The van der Waals surface area contributed by atoms with Gasteiger partial charge in [0, 0.05) is 88.8 Å². The minimum absolute atomic E-state index is 0.0152. The summed E-state index contributed by atoms with van der Waals surface area (Å²) in [6.07, 6.45) is 3.80. The molecule has 0 bridgehead atoms. The zero-order valence-corrected chi connectivity index (χ0v) is 40.1. The average Bonchev–Trinajstić information content (AvgIpc) is 3.32. The summed E-state index contributed by atoms with van der Waals surface area (Å²) in [7, 11) is 0. The van der Waals surface area contributed by atoms with E-state index >= 15 is 0 Å². The Labute approximate surface area is 400 Å². The number of aliphatic carboxylic acids is 1. The van der Waals surface area contributed by atoms with Crippen LogP contribution in [0.5, 0.6) is 0 Å². The van der Waals surface area contributed by atoms with Gasteiger partial charge in [0.2, 0.25) is 11.8 Å². The molecule has 0 aliphatic heterocycles. The lowest BCUT2D eigenvalue weighted by molar-refractivity contribution is -0.137. The highest BCUT2D eigenvalue weighted by Crippen LogP contribution is 2.17. The molecule has 0 saturated heterocycles. The molecular formula is C47H72N14O7. The molecule has 0 saturated carbocycles. The van der Waals surface area contributed by atoms with Crippen molar-refractivity contribution in [3.05, 3.63) is 77.2 Å². The third kappa shape index (κ3) is 22.1. The maximum absolute atomic E-state index is 14.4. The fourth-order valence-corrected chi connectivity index (χ4v) is 6.71. The van der Waals surface area contributed by atoms with Crippen LogP contribution in [-0.2, 0) is 36.7 Å². The first-order valence-electron chi connectivity index (χ1n) is 23.1. The first-order valence-corrected chi connectivity index (χ1v) is 23.1. The molecule has 0 spiro atoms. The Kier molecular flexibility index (Phi) is 26.9. The van der Waals surface area contributed by atoms with E-state index in [9.17, 15) is 24.3 Å². The summed E-state index contributed by atoms with van der Waals surface area (Å²) in [6, 6.07) is 14.1. The van der Waals surface area contributed by atoms with Gasteiger partial charge in [-0.2, -0.15) is 5.10 Å². The number of unbranched alkanes of at least 4 members (excludes halogenated alkanes) is 2. The minimum atomic E-state index is -1.14.